The van der Waals surface area contributed by atoms with Crippen LogP contribution in [0, 0.1) is 0 Å². The number of rotatable bonds is 5. The van der Waals surface area contributed by atoms with Crippen LogP contribution < -0.4 is 5.32 Å². The van der Waals surface area contributed by atoms with Crippen molar-refractivity contribution in [3.05, 3.63) is 65.2 Å². The summed E-state index contributed by atoms with van der Waals surface area (Å²) in [6, 6.07) is 17.9. The van der Waals surface area contributed by atoms with E-state index in [9.17, 15) is 0 Å². The Kier molecular flexibility index (Phi) is 5.06. The van der Waals surface area contributed by atoms with Crippen molar-refractivity contribution in [1.82, 2.24) is 5.32 Å². The Bertz CT molecular complexity index is 454. The highest BCUT2D eigenvalue weighted by molar-refractivity contribution is 7.98. The van der Waals surface area contributed by atoms with E-state index in [4.69, 9.17) is 0 Å². The highest BCUT2D eigenvalue weighted by atomic mass is 32.2. The maximum absolute atomic E-state index is 3.40. The van der Waals surface area contributed by atoms with E-state index in [2.05, 4.69) is 67.0 Å². The summed E-state index contributed by atoms with van der Waals surface area (Å²) in [5.41, 5.74) is 4.01. The maximum atomic E-state index is 3.40. The summed E-state index contributed by atoms with van der Waals surface area (Å²) >= 11 is 1.78. The molecule has 0 aliphatic carbocycles. The minimum Gasteiger partial charge on any atom is -0.309 e. The minimum atomic E-state index is 0.266. The number of hydrogen-bond donors (Lipinski definition) is 1. The molecule has 2 rings (SSSR count). The monoisotopic (exact) mass is 271 g/mol. The lowest BCUT2D eigenvalue weighted by atomic mass is 9.97. The van der Waals surface area contributed by atoms with Crippen molar-refractivity contribution < 1.29 is 0 Å². The Labute approximate surface area is 120 Å². The molecule has 1 N–H and O–H groups in total. The highest BCUT2D eigenvalue weighted by Gasteiger charge is 2.11. The molecule has 0 radical (unpaired) electrons. The first kappa shape index (κ1) is 14.2. The van der Waals surface area contributed by atoms with Crippen molar-refractivity contribution in [2.75, 3.05) is 13.3 Å². The molecule has 1 unspecified atom stereocenters. The van der Waals surface area contributed by atoms with Gasteiger partial charge in [0.1, 0.15) is 0 Å². The molecule has 0 saturated carbocycles. The molecule has 2 aromatic rings. The van der Waals surface area contributed by atoms with E-state index in [1.807, 2.05) is 7.05 Å². The Hall–Kier alpha value is -1.25. The molecular formula is C17H21NS. The summed E-state index contributed by atoms with van der Waals surface area (Å²) in [7, 11) is 2.01. The lowest BCUT2D eigenvalue weighted by molar-refractivity contribution is 0.691. The summed E-state index contributed by atoms with van der Waals surface area (Å²) in [6.45, 7) is 2.19. The first-order valence-corrected chi connectivity index (χ1v) is 7.91. The first-order valence-electron chi connectivity index (χ1n) is 6.68. The van der Waals surface area contributed by atoms with Gasteiger partial charge in [0.15, 0.2) is 0 Å². The van der Waals surface area contributed by atoms with Crippen molar-refractivity contribution in [2.45, 2.75) is 24.3 Å². The van der Waals surface area contributed by atoms with Gasteiger partial charge in [-0.1, -0.05) is 43.3 Å². The largest absolute Gasteiger partial charge is 0.309 e. The summed E-state index contributed by atoms with van der Waals surface area (Å²) in [5, 5.41) is 3.40. The molecule has 0 spiro atoms. The van der Waals surface area contributed by atoms with Crippen LogP contribution in [0.1, 0.15) is 29.7 Å². The van der Waals surface area contributed by atoms with Gasteiger partial charge >= 0.3 is 0 Å². The van der Waals surface area contributed by atoms with Crippen LogP contribution in [-0.2, 0) is 6.42 Å². The predicted octanol–water partition coefficient (Wildman–Crippen LogP) is 4.28. The van der Waals surface area contributed by atoms with E-state index in [1.54, 1.807) is 11.8 Å². The lowest BCUT2D eigenvalue weighted by Gasteiger charge is -2.18. The fourth-order valence-electron chi connectivity index (χ4n) is 2.27. The molecule has 0 heterocycles. The second-order valence-electron chi connectivity index (χ2n) is 4.59. The fraction of sp³-hybridized carbons (Fsp3) is 0.294. The van der Waals surface area contributed by atoms with Gasteiger partial charge in [0.25, 0.3) is 0 Å². The van der Waals surface area contributed by atoms with Gasteiger partial charge in [-0.25, -0.2) is 0 Å². The molecule has 0 aliphatic heterocycles. The van der Waals surface area contributed by atoms with Crippen molar-refractivity contribution in [3.8, 4) is 0 Å². The normalized spacial score (nSPS) is 12.4. The molecule has 0 aromatic heterocycles. The second-order valence-corrected chi connectivity index (χ2v) is 5.47. The first-order chi connectivity index (χ1) is 9.28. The van der Waals surface area contributed by atoms with Gasteiger partial charge in [0.05, 0.1) is 6.04 Å². The van der Waals surface area contributed by atoms with Crippen LogP contribution in [0.5, 0.6) is 0 Å². The van der Waals surface area contributed by atoms with Gasteiger partial charge in [-0.2, -0.15) is 0 Å². The van der Waals surface area contributed by atoms with E-state index in [0.29, 0.717) is 0 Å². The standard InChI is InChI=1S/C17H21NS/c1-4-13-5-7-14(8-6-13)17(18-2)15-9-11-16(19-3)12-10-15/h5-12,17-18H,4H2,1-3H3. The number of aryl methyl sites for hydroxylation is 1. The highest BCUT2D eigenvalue weighted by Crippen LogP contribution is 2.24. The molecule has 2 heteroatoms. The van der Waals surface area contributed by atoms with Gasteiger partial charge in [0, 0.05) is 4.90 Å². The van der Waals surface area contributed by atoms with Crippen LogP contribution in [0.15, 0.2) is 53.4 Å². The Balaban J connectivity index is 2.26. The van der Waals surface area contributed by atoms with E-state index in [1.165, 1.54) is 21.6 Å². The van der Waals surface area contributed by atoms with Crippen LogP contribution in [0.25, 0.3) is 0 Å². The smallest absolute Gasteiger partial charge is 0.0574 e. The minimum absolute atomic E-state index is 0.266. The molecule has 0 aliphatic rings. The summed E-state index contributed by atoms with van der Waals surface area (Å²) < 4.78 is 0. The third kappa shape index (κ3) is 3.40. The SMILES string of the molecule is CCc1ccc(C(NC)c2ccc(SC)cc2)cc1. The van der Waals surface area contributed by atoms with Crippen LogP contribution in [0.3, 0.4) is 0 Å². The summed E-state index contributed by atoms with van der Waals surface area (Å²) in [6.07, 6.45) is 3.20. The van der Waals surface area contributed by atoms with Crippen LogP contribution >= 0.6 is 11.8 Å². The molecular weight excluding hydrogens is 250 g/mol. The number of benzene rings is 2. The zero-order chi connectivity index (χ0) is 13.7. The van der Waals surface area contributed by atoms with Crippen LogP contribution in [-0.4, -0.2) is 13.3 Å². The van der Waals surface area contributed by atoms with Crippen molar-refractivity contribution in [2.24, 2.45) is 0 Å². The quantitative estimate of drug-likeness (QED) is 0.815. The lowest BCUT2D eigenvalue weighted by Crippen LogP contribution is -2.17. The average Bonchev–Trinajstić information content (AvgIpc) is 2.49. The van der Waals surface area contributed by atoms with Gasteiger partial charge in [0.2, 0.25) is 0 Å². The van der Waals surface area contributed by atoms with Crippen LogP contribution in [0.4, 0.5) is 0 Å². The molecule has 100 valence electrons. The zero-order valence-corrected chi connectivity index (χ0v) is 12.6. The second kappa shape index (κ2) is 6.78. The van der Waals surface area contributed by atoms with Crippen molar-refractivity contribution in [1.29, 1.82) is 0 Å². The molecule has 1 nitrogen and oxygen atoms in total. The summed E-state index contributed by atoms with van der Waals surface area (Å²) in [4.78, 5) is 1.31. The Morgan fingerprint density at radius 2 is 1.47 bits per heavy atom. The van der Waals surface area contributed by atoms with Gasteiger partial charge in [-0.15, -0.1) is 11.8 Å². The fourth-order valence-corrected chi connectivity index (χ4v) is 2.68. The van der Waals surface area contributed by atoms with Gasteiger partial charge in [-0.05, 0) is 48.5 Å². The average molecular weight is 271 g/mol. The van der Waals surface area contributed by atoms with Crippen molar-refractivity contribution >= 4 is 11.8 Å². The van der Waals surface area contributed by atoms with E-state index in [-0.39, 0.29) is 6.04 Å². The number of hydrogen-bond acceptors (Lipinski definition) is 2. The van der Waals surface area contributed by atoms with Gasteiger partial charge < -0.3 is 5.32 Å². The molecule has 0 amide bonds. The molecule has 0 saturated heterocycles. The van der Waals surface area contributed by atoms with E-state index in [0.717, 1.165) is 6.42 Å². The topological polar surface area (TPSA) is 12.0 Å². The molecule has 0 bridgehead atoms. The van der Waals surface area contributed by atoms with E-state index >= 15 is 0 Å². The summed E-state index contributed by atoms with van der Waals surface area (Å²) in [5.74, 6) is 0. The van der Waals surface area contributed by atoms with Crippen LogP contribution in [0.2, 0.25) is 0 Å². The number of nitrogens with one attached hydrogen (secondary N) is 1. The third-order valence-corrected chi connectivity index (χ3v) is 4.20. The predicted molar refractivity (Wildman–Crippen MR) is 84.9 cm³/mol. The molecule has 0 fully saturated rings. The Morgan fingerprint density at radius 1 is 0.947 bits per heavy atom. The molecule has 1 atom stereocenters. The van der Waals surface area contributed by atoms with Gasteiger partial charge in [-0.3, -0.25) is 0 Å². The number of thioether (sulfide) groups is 1. The van der Waals surface area contributed by atoms with E-state index < -0.39 is 0 Å². The Morgan fingerprint density at radius 3 is 1.89 bits per heavy atom. The molecule has 2 aromatic carbocycles. The third-order valence-electron chi connectivity index (χ3n) is 3.46. The zero-order valence-electron chi connectivity index (χ0n) is 11.8. The maximum Gasteiger partial charge on any atom is 0.0574 e. The molecule has 19 heavy (non-hydrogen) atoms. The van der Waals surface area contributed by atoms with Crippen molar-refractivity contribution in [3.63, 3.8) is 0 Å².